The van der Waals surface area contributed by atoms with Crippen LogP contribution in [0.2, 0.25) is 0 Å². The predicted octanol–water partition coefficient (Wildman–Crippen LogP) is 0.398. The van der Waals surface area contributed by atoms with Crippen molar-refractivity contribution >= 4 is 11.9 Å². The fourth-order valence-corrected chi connectivity index (χ4v) is 2.10. The zero-order valence-corrected chi connectivity index (χ0v) is 10.7. The SMILES string of the molecule is CCOC(=O)CC(=O)NCC1CCCN(C)C1. The first-order chi connectivity index (χ1) is 8.11. The zero-order chi connectivity index (χ0) is 12.7. The predicted molar refractivity (Wildman–Crippen MR) is 64.5 cm³/mol. The minimum atomic E-state index is -0.453. The van der Waals surface area contributed by atoms with Crippen molar-refractivity contribution in [3.05, 3.63) is 0 Å². The van der Waals surface area contributed by atoms with Gasteiger partial charge in [-0.25, -0.2) is 0 Å². The van der Waals surface area contributed by atoms with Gasteiger partial charge in [0.1, 0.15) is 6.42 Å². The minimum Gasteiger partial charge on any atom is -0.466 e. The van der Waals surface area contributed by atoms with Gasteiger partial charge in [-0.15, -0.1) is 0 Å². The number of carbonyl (C=O) groups excluding carboxylic acids is 2. The molecule has 1 aliphatic heterocycles. The number of likely N-dealkylation sites (tertiary alicyclic amines) is 1. The second kappa shape index (κ2) is 7.27. The highest BCUT2D eigenvalue weighted by Crippen LogP contribution is 2.13. The van der Waals surface area contributed by atoms with Gasteiger partial charge >= 0.3 is 5.97 Å². The maximum atomic E-state index is 11.4. The Bertz CT molecular complexity index is 268. The topological polar surface area (TPSA) is 58.6 Å². The molecule has 1 fully saturated rings. The molecule has 0 spiro atoms. The lowest BCUT2D eigenvalue weighted by molar-refractivity contribution is -0.146. The Labute approximate surface area is 102 Å². The standard InChI is InChI=1S/C12H22N2O3/c1-3-17-12(16)7-11(15)13-8-10-5-4-6-14(2)9-10/h10H,3-9H2,1-2H3,(H,13,15). The number of carbonyl (C=O) groups is 2. The molecule has 5 heteroatoms. The van der Waals surface area contributed by atoms with E-state index < -0.39 is 5.97 Å². The van der Waals surface area contributed by atoms with Gasteiger partial charge in [-0.1, -0.05) is 0 Å². The summed E-state index contributed by atoms with van der Waals surface area (Å²) in [5.74, 6) is -0.192. The van der Waals surface area contributed by atoms with Gasteiger partial charge in [0.2, 0.25) is 5.91 Å². The smallest absolute Gasteiger partial charge is 0.315 e. The highest BCUT2D eigenvalue weighted by molar-refractivity contribution is 5.94. The third-order valence-corrected chi connectivity index (χ3v) is 2.92. The number of hydrogen-bond acceptors (Lipinski definition) is 4. The first-order valence-corrected chi connectivity index (χ1v) is 6.22. The Balaban J connectivity index is 2.16. The molecule has 0 bridgehead atoms. The Morgan fingerprint density at radius 3 is 2.88 bits per heavy atom. The Kier molecular flexibility index (Phi) is 5.97. The summed E-state index contributed by atoms with van der Waals surface area (Å²) in [6, 6.07) is 0. The molecule has 1 amide bonds. The van der Waals surface area contributed by atoms with E-state index in [9.17, 15) is 9.59 Å². The van der Waals surface area contributed by atoms with Crippen molar-refractivity contribution in [3.8, 4) is 0 Å². The summed E-state index contributed by atoms with van der Waals surface area (Å²) in [5.41, 5.74) is 0. The van der Waals surface area contributed by atoms with E-state index in [2.05, 4.69) is 17.3 Å². The minimum absolute atomic E-state index is 0.170. The van der Waals surface area contributed by atoms with E-state index in [1.165, 1.54) is 6.42 Å². The third kappa shape index (κ3) is 5.68. The van der Waals surface area contributed by atoms with Crippen LogP contribution in [0.25, 0.3) is 0 Å². The van der Waals surface area contributed by atoms with Crippen LogP contribution in [0, 0.1) is 5.92 Å². The lowest BCUT2D eigenvalue weighted by Crippen LogP contribution is -2.39. The Hall–Kier alpha value is -1.10. The average molecular weight is 242 g/mol. The summed E-state index contributed by atoms with van der Waals surface area (Å²) in [5, 5.41) is 2.80. The van der Waals surface area contributed by atoms with Crippen molar-refractivity contribution < 1.29 is 14.3 Å². The van der Waals surface area contributed by atoms with Crippen LogP contribution < -0.4 is 5.32 Å². The number of ether oxygens (including phenoxy) is 1. The molecule has 17 heavy (non-hydrogen) atoms. The Morgan fingerprint density at radius 2 is 2.24 bits per heavy atom. The highest BCUT2D eigenvalue weighted by atomic mass is 16.5. The molecule has 0 saturated carbocycles. The number of rotatable bonds is 5. The summed E-state index contributed by atoms with van der Waals surface area (Å²) < 4.78 is 4.71. The van der Waals surface area contributed by atoms with Crippen LogP contribution >= 0.6 is 0 Å². The van der Waals surface area contributed by atoms with Crippen molar-refractivity contribution in [2.45, 2.75) is 26.2 Å². The number of amides is 1. The molecular formula is C12H22N2O3. The molecule has 1 unspecified atom stereocenters. The molecule has 1 saturated heterocycles. The molecule has 0 aromatic carbocycles. The van der Waals surface area contributed by atoms with E-state index >= 15 is 0 Å². The summed E-state index contributed by atoms with van der Waals surface area (Å²) in [6.07, 6.45) is 2.15. The number of esters is 1. The maximum Gasteiger partial charge on any atom is 0.315 e. The second-order valence-corrected chi connectivity index (χ2v) is 4.56. The van der Waals surface area contributed by atoms with E-state index in [-0.39, 0.29) is 12.3 Å². The molecule has 0 aromatic rings. The van der Waals surface area contributed by atoms with Gasteiger partial charge in [0.05, 0.1) is 6.61 Å². The number of nitrogens with one attached hydrogen (secondary N) is 1. The molecule has 0 aliphatic carbocycles. The summed E-state index contributed by atoms with van der Waals surface area (Å²) in [7, 11) is 2.09. The van der Waals surface area contributed by atoms with Crippen LogP contribution in [0.1, 0.15) is 26.2 Å². The molecule has 1 rings (SSSR count). The average Bonchev–Trinajstić information content (AvgIpc) is 2.27. The normalized spacial score (nSPS) is 20.9. The van der Waals surface area contributed by atoms with Crippen LogP contribution in [0.3, 0.4) is 0 Å². The van der Waals surface area contributed by atoms with E-state index in [0.29, 0.717) is 19.1 Å². The van der Waals surface area contributed by atoms with E-state index in [4.69, 9.17) is 4.74 Å². The van der Waals surface area contributed by atoms with Crippen LogP contribution in [-0.2, 0) is 14.3 Å². The first kappa shape index (κ1) is 14.0. The van der Waals surface area contributed by atoms with Gasteiger partial charge in [-0.3, -0.25) is 9.59 Å². The molecule has 5 nitrogen and oxygen atoms in total. The van der Waals surface area contributed by atoms with E-state index in [0.717, 1.165) is 19.5 Å². The number of hydrogen-bond donors (Lipinski definition) is 1. The van der Waals surface area contributed by atoms with E-state index in [1.54, 1.807) is 6.92 Å². The van der Waals surface area contributed by atoms with E-state index in [1.807, 2.05) is 0 Å². The quantitative estimate of drug-likeness (QED) is 0.560. The fourth-order valence-electron chi connectivity index (χ4n) is 2.10. The van der Waals surface area contributed by atoms with Gasteiger partial charge in [-0.05, 0) is 39.3 Å². The van der Waals surface area contributed by atoms with Crippen molar-refractivity contribution in [1.82, 2.24) is 10.2 Å². The van der Waals surface area contributed by atoms with Crippen molar-refractivity contribution in [2.24, 2.45) is 5.92 Å². The first-order valence-electron chi connectivity index (χ1n) is 6.22. The van der Waals surface area contributed by atoms with Crippen molar-refractivity contribution in [3.63, 3.8) is 0 Å². The van der Waals surface area contributed by atoms with Gasteiger partial charge in [0, 0.05) is 13.1 Å². The van der Waals surface area contributed by atoms with Crippen LogP contribution in [0.5, 0.6) is 0 Å². The molecule has 0 aromatic heterocycles. The largest absolute Gasteiger partial charge is 0.466 e. The number of piperidine rings is 1. The number of nitrogens with zero attached hydrogens (tertiary/aromatic N) is 1. The van der Waals surface area contributed by atoms with Crippen molar-refractivity contribution in [1.29, 1.82) is 0 Å². The molecule has 1 N–H and O–H groups in total. The molecule has 1 heterocycles. The van der Waals surface area contributed by atoms with Gasteiger partial charge < -0.3 is 15.0 Å². The summed E-state index contributed by atoms with van der Waals surface area (Å²) >= 11 is 0. The third-order valence-electron chi connectivity index (χ3n) is 2.92. The maximum absolute atomic E-state index is 11.4. The summed E-state index contributed by atoms with van der Waals surface area (Å²) in [6.45, 7) is 4.85. The van der Waals surface area contributed by atoms with Crippen LogP contribution in [0.4, 0.5) is 0 Å². The monoisotopic (exact) mass is 242 g/mol. The van der Waals surface area contributed by atoms with Crippen LogP contribution in [0.15, 0.2) is 0 Å². The Morgan fingerprint density at radius 1 is 1.47 bits per heavy atom. The van der Waals surface area contributed by atoms with Crippen LogP contribution in [-0.4, -0.2) is 50.1 Å². The molecule has 1 aliphatic rings. The molecule has 98 valence electrons. The molecule has 1 atom stereocenters. The lowest BCUT2D eigenvalue weighted by Gasteiger charge is -2.29. The highest BCUT2D eigenvalue weighted by Gasteiger charge is 2.18. The van der Waals surface area contributed by atoms with Gasteiger partial charge in [0.15, 0.2) is 0 Å². The molecule has 0 radical (unpaired) electrons. The summed E-state index contributed by atoms with van der Waals surface area (Å²) in [4.78, 5) is 24.8. The zero-order valence-electron chi connectivity index (χ0n) is 10.7. The van der Waals surface area contributed by atoms with Crippen molar-refractivity contribution in [2.75, 3.05) is 33.3 Å². The second-order valence-electron chi connectivity index (χ2n) is 4.56. The fraction of sp³-hybridized carbons (Fsp3) is 0.833. The lowest BCUT2D eigenvalue weighted by atomic mass is 9.98. The molecular weight excluding hydrogens is 220 g/mol. The van der Waals surface area contributed by atoms with Gasteiger partial charge in [-0.2, -0.15) is 0 Å². The van der Waals surface area contributed by atoms with Gasteiger partial charge in [0.25, 0.3) is 0 Å².